The van der Waals surface area contributed by atoms with E-state index in [2.05, 4.69) is 63.7 Å². The maximum atomic E-state index is 8.98. The van der Waals surface area contributed by atoms with Crippen molar-refractivity contribution in [2.45, 2.75) is 12.5 Å². The van der Waals surface area contributed by atoms with Crippen molar-refractivity contribution in [2.75, 3.05) is 26.2 Å². The number of rotatable bonds is 6. The van der Waals surface area contributed by atoms with Crippen LogP contribution in [0.2, 0.25) is 0 Å². The fraction of sp³-hybridized carbons (Fsp3) is 0.316. The van der Waals surface area contributed by atoms with Crippen LogP contribution in [0.3, 0.4) is 0 Å². The molecule has 0 atom stereocenters. The van der Waals surface area contributed by atoms with Crippen molar-refractivity contribution in [1.82, 2.24) is 10.2 Å². The molecule has 0 radical (unpaired) electrons. The smallest absolute Gasteiger partial charge is 0.194 e. The minimum atomic E-state index is 0.153. The normalized spacial score (nSPS) is 14.2. The molecule has 0 unspecified atom stereocenters. The molecule has 0 amide bonds. The topological polar surface area (TPSA) is 47.9 Å². The largest absolute Gasteiger partial charge is 0.396 e. The van der Waals surface area contributed by atoms with Gasteiger partial charge in [-0.2, -0.15) is 0 Å². The number of nitrogens with one attached hydrogen (secondary N) is 1. The van der Waals surface area contributed by atoms with E-state index in [0.717, 1.165) is 32.0 Å². The van der Waals surface area contributed by atoms with E-state index in [4.69, 9.17) is 5.11 Å². The van der Waals surface area contributed by atoms with E-state index >= 15 is 0 Å². The van der Waals surface area contributed by atoms with Crippen molar-refractivity contribution in [3.8, 4) is 0 Å². The average Bonchev–Trinajstić information content (AvgIpc) is 3.06. The SMILES string of the molecule is OCCCNC1=NCCN1C(c1ccccc1)c1ccccc1. The standard InChI is InChI=1S/C19H23N3O/c23-15-7-12-20-19-21-13-14-22(19)18(16-8-3-1-4-9-16)17-10-5-2-6-11-17/h1-6,8-11,18,23H,7,12-15H2,(H,20,21). The Morgan fingerprint density at radius 3 is 2.17 bits per heavy atom. The van der Waals surface area contributed by atoms with Crippen LogP contribution in [0.25, 0.3) is 0 Å². The fourth-order valence-corrected chi connectivity index (χ4v) is 2.97. The van der Waals surface area contributed by atoms with Crippen LogP contribution in [0.5, 0.6) is 0 Å². The molecule has 2 aromatic carbocycles. The van der Waals surface area contributed by atoms with Crippen LogP contribution >= 0.6 is 0 Å². The highest BCUT2D eigenvalue weighted by Crippen LogP contribution is 2.29. The highest BCUT2D eigenvalue weighted by Gasteiger charge is 2.27. The summed E-state index contributed by atoms with van der Waals surface area (Å²) in [7, 11) is 0. The highest BCUT2D eigenvalue weighted by molar-refractivity contribution is 5.82. The molecule has 0 fully saturated rings. The second kappa shape index (κ2) is 7.79. The van der Waals surface area contributed by atoms with Gasteiger partial charge in [0.1, 0.15) is 0 Å². The lowest BCUT2D eigenvalue weighted by Crippen LogP contribution is -2.41. The molecule has 4 nitrogen and oxygen atoms in total. The molecule has 1 aliphatic rings. The number of hydrogen-bond acceptors (Lipinski definition) is 4. The van der Waals surface area contributed by atoms with Crippen LogP contribution in [-0.2, 0) is 0 Å². The first-order valence-corrected chi connectivity index (χ1v) is 8.16. The molecule has 0 saturated heterocycles. The maximum Gasteiger partial charge on any atom is 0.194 e. The molecule has 1 aliphatic heterocycles. The molecule has 0 aromatic heterocycles. The summed E-state index contributed by atoms with van der Waals surface area (Å²) >= 11 is 0. The Kier molecular flexibility index (Phi) is 5.27. The second-order valence-corrected chi connectivity index (χ2v) is 5.63. The Hall–Kier alpha value is -2.33. The van der Waals surface area contributed by atoms with Gasteiger partial charge in [0.2, 0.25) is 0 Å². The van der Waals surface area contributed by atoms with Gasteiger partial charge in [-0.05, 0) is 17.5 Å². The van der Waals surface area contributed by atoms with Gasteiger partial charge in [-0.25, -0.2) is 0 Å². The fourth-order valence-electron chi connectivity index (χ4n) is 2.97. The molecule has 3 rings (SSSR count). The Balaban J connectivity index is 1.88. The maximum absolute atomic E-state index is 8.98. The molecule has 2 N–H and O–H groups in total. The van der Waals surface area contributed by atoms with E-state index in [-0.39, 0.29) is 12.6 Å². The Morgan fingerprint density at radius 1 is 1.00 bits per heavy atom. The first-order valence-electron chi connectivity index (χ1n) is 8.16. The van der Waals surface area contributed by atoms with Gasteiger partial charge >= 0.3 is 0 Å². The van der Waals surface area contributed by atoms with Crippen molar-refractivity contribution in [3.05, 3.63) is 71.8 Å². The Bertz CT molecular complexity index is 588. The molecule has 0 spiro atoms. The summed E-state index contributed by atoms with van der Waals surface area (Å²) in [6.07, 6.45) is 0.730. The zero-order valence-electron chi connectivity index (χ0n) is 13.2. The lowest BCUT2D eigenvalue weighted by atomic mass is 9.97. The molecule has 0 bridgehead atoms. The van der Waals surface area contributed by atoms with Gasteiger partial charge in [0.05, 0.1) is 12.6 Å². The number of aliphatic hydroxyl groups is 1. The van der Waals surface area contributed by atoms with E-state index < -0.39 is 0 Å². The molecule has 120 valence electrons. The molecule has 2 aromatic rings. The van der Waals surface area contributed by atoms with E-state index in [0.29, 0.717) is 0 Å². The van der Waals surface area contributed by atoms with Gasteiger partial charge in [0, 0.05) is 19.7 Å². The van der Waals surface area contributed by atoms with Crippen LogP contribution in [0, 0.1) is 0 Å². The molecular formula is C19H23N3O. The molecule has 0 aliphatic carbocycles. The zero-order chi connectivity index (χ0) is 15.9. The van der Waals surface area contributed by atoms with Crippen LogP contribution in [-0.4, -0.2) is 42.2 Å². The predicted molar refractivity (Wildman–Crippen MR) is 93.4 cm³/mol. The zero-order valence-corrected chi connectivity index (χ0v) is 13.2. The molecule has 4 heteroatoms. The quantitative estimate of drug-likeness (QED) is 0.806. The van der Waals surface area contributed by atoms with Crippen LogP contribution < -0.4 is 5.32 Å². The summed E-state index contributed by atoms with van der Waals surface area (Å²) in [5.41, 5.74) is 2.52. The lowest BCUT2D eigenvalue weighted by molar-refractivity contribution is 0.287. The lowest BCUT2D eigenvalue weighted by Gasteiger charge is -2.31. The first-order chi connectivity index (χ1) is 11.4. The predicted octanol–water partition coefficient (Wildman–Crippen LogP) is 2.42. The minimum absolute atomic E-state index is 0.153. The second-order valence-electron chi connectivity index (χ2n) is 5.63. The van der Waals surface area contributed by atoms with Gasteiger partial charge in [0.15, 0.2) is 5.96 Å². The summed E-state index contributed by atoms with van der Waals surface area (Å²) in [6, 6.07) is 21.2. The van der Waals surface area contributed by atoms with Gasteiger partial charge in [-0.15, -0.1) is 0 Å². The molecule has 23 heavy (non-hydrogen) atoms. The Morgan fingerprint density at radius 2 is 1.61 bits per heavy atom. The van der Waals surface area contributed by atoms with Crippen molar-refractivity contribution < 1.29 is 5.11 Å². The summed E-state index contributed by atoms with van der Waals surface area (Å²) < 4.78 is 0. The van der Waals surface area contributed by atoms with Gasteiger partial charge in [-0.3, -0.25) is 4.99 Å². The molecule has 0 saturated carbocycles. The summed E-state index contributed by atoms with van der Waals surface area (Å²) in [6.45, 7) is 2.64. The first kappa shape index (κ1) is 15.6. The third kappa shape index (κ3) is 3.71. The van der Waals surface area contributed by atoms with E-state index in [9.17, 15) is 0 Å². The third-order valence-corrected chi connectivity index (χ3v) is 4.03. The van der Waals surface area contributed by atoms with Crippen molar-refractivity contribution in [3.63, 3.8) is 0 Å². The number of benzene rings is 2. The minimum Gasteiger partial charge on any atom is -0.396 e. The summed E-state index contributed by atoms with van der Waals surface area (Å²) in [4.78, 5) is 6.93. The van der Waals surface area contributed by atoms with E-state index in [1.54, 1.807) is 0 Å². The number of nitrogens with zero attached hydrogens (tertiary/aromatic N) is 2. The van der Waals surface area contributed by atoms with Gasteiger partial charge in [-0.1, -0.05) is 60.7 Å². The van der Waals surface area contributed by atoms with Crippen LogP contribution in [0.1, 0.15) is 23.6 Å². The molecular weight excluding hydrogens is 286 g/mol. The highest BCUT2D eigenvalue weighted by atomic mass is 16.3. The van der Waals surface area contributed by atoms with Crippen LogP contribution in [0.4, 0.5) is 0 Å². The number of guanidine groups is 1. The van der Waals surface area contributed by atoms with Crippen molar-refractivity contribution >= 4 is 5.96 Å². The molecule has 1 heterocycles. The van der Waals surface area contributed by atoms with E-state index in [1.165, 1.54) is 11.1 Å². The average molecular weight is 309 g/mol. The Labute approximate surface area is 137 Å². The monoisotopic (exact) mass is 309 g/mol. The van der Waals surface area contributed by atoms with Crippen LogP contribution in [0.15, 0.2) is 65.7 Å². The van der Waals surface area contributed by atoms with Gasteiger partial charge < -0.3 is 15.3 Å². The van der Waals surface area contributed by atoms with Crippen molar-refractivity contribution in [2.24, 2.45) is 4.99 Å². The summed E-state index contributed by atoms with van der Waals surface area (Å²) in [5.74, 6) is 0.927. The third-order valence-electron chi connectivity index (χ3n) is 4.03. The number of aliphatic imine (C=N–C) groups is 1. The van der Waals surface area contributed by atoms with Crippen molar-refractivity contribution in [1.29, 1.82) is 0 Å². The summed E-state index contributed by atoms with van der Waals surface area (Å²) in [5, 5.41) is 12.3. The van der Waals surface area contributed by atoms with E-state index in [1.807, 2.05) is 12.1 Å². The van der Waals surface area contributed by atoms with Gasteiger partial charge in [0.25, 0.3) is 0 Å². The number of aliphatic hydroxyl groups excluding tert-OH is 1. The number of hydrogen-bond donors (Lipinski definition) is 2.